The zero-order chi connectivity index (χ0) is 23.9. The quantitative estimate of drug-likeness (QED) is 0.269. The second-order valence-corrected chi connectivity index (χ2v) is 10.2. The Balaban J connectivity index is 1.40. The number of halogens is 1. The summed E-state index contributed by atoms with van der Waals surface area (Å²) in [7, 11) is 0. The molecule has 0 radical (unpaired) electrons. The van der Waals surface area contributed by atoms with Gasteiger partial charge in [-0.25, -0.2) is 4.98 Å². The summed E-state index contributed by atoms with van der Waals surface area (Å²) < 4.78 is 4.67. The van der Waals surface area contributed by atoms with Crippen molar-refractivity contribution >= 4 is 49.9 Å². The molecule has 172 valence electrons. The van der Waals surface area contributed by atoms with E-state index in [1.165, 1.54) is 23.1 Å². The van der Waals surface area contributed by atoms with Gasteiger partial charge in [-0.1, -0.05) is 59.0 Å². The third kappa shape index (κ3) is 3.91. The molecule has 0 atom stereocenters. The monoisotopic (exact) mass is 516 g/mol. The van der Waals surface area contributed by atoms with Gasteiger partial charge in [0.25, 0.3) is 5.56 Å². The van der Waals surface area contributed by atoms with Gasteiger partial charge in [0.1, 0.15) is 0 Å². The summed E-state index contributed by atoms with van der Waals surface area (Å²) in [4.78, 5) is 22.5. The van der Waals surface area contributed by atoms with Gasteiger partial charge in [0.15, 0.2) is 15.9 Å². The normalized spacial score (nSPS) is 11.5. The molecule has 4 aromatic heterocycles. The van der Waals surface area contributed by atoms with Crippen LogP contribution in [0.15, 0.2) is 83.0 Å². The molecule has 0 aliphatic heterocycles. The molecular weight excluding hydrogens is 500 g/mol. The first-order valence-electron chi connectivity index (χ1n) is 10.7. The maximum Gasteiger partial charge on any atom is 0.259 e. The van der Waals surface area contributed by atoms with Gasteiger partial charge in [0.2, 0.25) is 0 Å². The fourth-order valence-corrected chi connectivity index (χ4v) is 6.12. The smallest absolute Gasteiger partial charge is 0.259 e. The highest BCUT2D eigenvalue weighted by Gasteiger charge is 2.19. The average Bonchev–Trinajstić information content (AvgIpc) is 3.46. The van der Waals surface area contributed by atoms with Gasteiger partial charge in [-0.2, -0.15) is 0 Å². The zero-order valence-corrected chi connectivity index (χ0v) is 20.8. The van der Waals surface area contributed by atoms with E-state index in [4.69, 9.17) is 16.6 Å². The third-order valence-corrected chi connectivity index (χ3v) is 8.05. The number of benzene rings is 2. The highest BCUT2D eigenvalue weighted by Crippen LogP contribution is 2.33. The number of rotatable bonds is 5. The maximum absolute atomic E-state index is 13.0. The van der Waals surface area contributed by atoms with E-state index < -0.39 is 0 Å². The number of fused-ring (bicyclic) bond motifs is 3. The molecule has 2 aromatic carbocycles. The van der Waals surface area contributed by atoms with Gasteiger partial charge < -0.3 is 0 Å². The molecule has 0 N–H and O–H groups in total. The lowest BCUT2D eigenvalue weighted by molar-refractivity contribution is 0.885. The predicted octanol–water partition coefficient (Wildman–Crippen LogP) is 5.81. The zero-order valence-electron chi connectivity index (χ0n) is 18.4. The summed E-state index contributed by atoms with van der Waals surface area (Å²) in [5.74, 6) is 1.12. The molecule has 4 heterocycles. The minimum Gasteiger partial charge on any atom is -0.269 e. The summed E-state index contributed by atoms with van der Waals surface area (Å²) in [5, 5.41) is 10.1. The Morgan fingerprint density at radius 2 is 1.86 bits per heavy atom. The molecule has 6 aromatic rings. The number of nitrogens with zero attached hydrogens (tertiary/aromatic N) is 6. The minimum absolute atomic E-state index is 0.0903. The molecule has 0 spiro atoms. The van der Waals surface area contributed by atoms with Crippen LogP contribution < -0.4 is 5.56 Å². The minimum atomic E-state index is -0.0903. The molecule has 0 aliphatic rings. The SMILES string of the molecule is Cc1cccc2c1sc1nc(CSc3nnc(-c4ccncc4)n3-c3ccccc3Cl)cc(=O)n12. The van der Waals surface area contributed by atoms with Crippen LogP contribution in [0.3, 0.4) is 0 Å². The van der Waals surface area contributed by atoms with E-state index in [2.05, 4.69) is 15.2 Å². The van der Waals surface area contributed by atoms with Gasteiger partial charge in [0.05, 0.1) is 26.6 Å². The molecule has 35 heavy (non-hydrogen) atoms. The van der Waals surface area contributed by atoms with Crippen molar-refractivity contribution in [1.29, 1.82) is 0 Å². The van der Waals surface area contributed by atoms with Gasteiger partial charge in [-0.15, -0.1) is 10.2 Å². The Hall–Kier alpha value is -3.53. The number of hydrogen-bond acceptors (Lipinski definition) is 7. The second-order valence-electron chi connectivity index (χ2n) is 7.85. The van der Waals surface area contributed by atoms with Crippen LogP contribution in [0.25, 0.3) is 32.3 Å². The van der Waals surface area contributed by atoms with Crippen molar-refractivity contribution < 1.29 is 0 Å². The highest BCUT2D eigenvalue weighted by molar-refractivity contribution is 7.98. The largest absolute Gasteiger partial charge is 0.269 e. The number of para-hydroxylation sites is 1. The molecule has 0 unspecified atom stereocenters. The van der Waals surface area contributed by atoms with Crippen LogP contribution in [0.4, 0.5) is 0 Å². The summed E-state index contributed by atoms with van der Waals surface area (Å²) in [6.07, 6.45) is 3.43. The van der Waals surface area contributed by atoms with Crippen LogP contribution >= 0.6 is 34.7 Å². The van der Waals surface area contributed by atoms with E-state index in [1.807, 2.05) is 66.1 Å². The lowest BCUT2D eigenvalue weighted by Gasteiger charge is -2.11. The van der Waals surface area contributed by atoms with Gasteiger partial charge in [0, 0.05) is 29.8 Å². The van der Waals surface area contributed by atoms with Crippen molar-refractivity contribution in [2.45, 2.75) is 17.8 Å². The van der Waals surface area contributed by atoms with Crippen LogP contribution in [-0.2, 0) is 5.75 Å². The Labute approximate surface area is 213 Å². The van der Waals surface area contributed by atoms with Crippen molar-refractivity contribution in [2.24, 2.45) is 0 Å². The molecule has 0 bridgehead atoms. The third-order valence-electron chi connectivity index (χ3n) is 5.58. The van der Waals surface area contributed by atoms with Crippen LogP contribution in [-0.4, -0.2) is 29.1 Å². The molecule has 7 nitrogen and oxygen atoms in total. The van der Waals surface area contributed by atoms with E-state index in [1.54, 1.807) is 22.9 Å². The van der Waals surface area contributed by atoms with Gasteiger partial charge in [-0.05, 0) is 42.8 Å². The second kappa shape index (κ2) is 8.92. The number of pyridine rings is 1. The lowest BCUT2D eigenvalue weighted by Crippen LogP contribution is -2.13. The number of thioether (sulfide) groups is 1. The first kappa shape index (κ1) is 22.0. The van der Waals surface area contributed by atoms with E-state index in [9.17, 15) is 4.79 Å². The predicted molar refractivity (Wildman–Crippen MR) is 141 cm³/mol. The number of aromatic nitrogens is 6. The molecule has 6 rings (SSSR count). The average molecular weight is 517 g/mol. The first-order chi connectivity index (χ1) is 17.1. The molecule has 0 aliphatic carbocycles. The molecule has 0 amide bonds. The standard InChI is InChI=1S/C25H17ClN6OS2/c1-15-5-4-8-20-22(15)35-24-28-17(13-21(33)31(20)24)14-34-25-30-29-23(16-9-11-27-12-10-16)32(25)19-7-3-2-6-18(19)26/h2-13H,14H2,1H3. The first-order valence-corrected chi connectivity index (χ1v) is 12.9. The molecule has 0 fully saturated rings. The van der Waals surface area contributed by atoms with E-state index in [-0.39, 0.29) is 5.56 Å². The van der Waals surface area contributed by atoms with E-state index in [0.717, 1.165) is 27.0 Å². The molecule has 0 saturated heterocycles. The van der Waals surface area contributed by atoms with Crippen LogP contribution in [0.5, 0.6) is 0 Å². The summed E-state index contributed by atoms with van der Waals surface area (Å²) in [6.45, 7) is 2.04. The van der Waals surface area contributed by atoms with E-state index in [0.29, 0.717) is 32.4 Å². The van der Waals surface area contributed by atoms with Crippen molar-refractivity contribution in [3.8, 4) is 17.1 Å². The van der Waals surface area contributed by atoms with Gasteiger partial charge in [-0.3, -0.25) is 18.7 Å². The van der Waals surface area contributed by atoms with Crippen molar-refractivity contribution in [3.05, 3.63) is 99.7 Å². The summed E-state index contributed by atoms with van der Waals surface area (Å²) in [6, 6.07) is 18.9. The van der Waals surface area contributed by atoms with Crippen LogP contribution in [0.2, 0.25) is 5.02 Å². The lowest BCUT2D eigenvalue weighted by atomic mass is 10.2. The Morgan fingerprint density at radius 3 is 2.69 bits per heavy atom. The summed E-state index contributed by atoms with van der Waals surface area (Å²) >= 11 is 9.53. The number of thiazole rings is 1. The molecule has 10 heteroatoms. The van der Waals surface area contributed by atoms with Crippen molar-refractivity contribution in [2.75, 3.05) is 0 Å². The fraction of sp³-hybridized carbons (Fsp3) is 0.0800. The van der Waals surface area contributed by atoms with E-state index >= 15 is 0 Å². The number of aryl methyl sites for hydroxylation is 1. The Kier molecular flexibility index (Phi) is 5.60. The number of hydrogen-bond donors (Lipinski definition) is 0. The van der Waals surface area contributed by atoms with Gasteiger partial charge >= 0.3 is 0 Å². The molecule has 0 saturated carbocycles. The maximum atomic E-state index is 13.0. The Bertz CT molecular complexity index is 1760. The summed E-state index contributed by atoms with van der Waals surface area (Å²) in [5.41, 5.74) is 4.26. The van der Waals surface area contributed by atoms with Crippen LogP contribution in [0.1, 0.15) is 11.3 Å². The topological polar surface area (TPSA) is 78.0 Å². The molecular formula is C25H17ClN6OS2. The van der Waals surface area contributed by atoms with Crippen LogP contribution in [0, 0.1) is 6.92 Å². The van der Waals surface area contributed by atoms with Crippen molar-refractivity contribution in [3.63, 3.8) is 0 Å². The highest BCUT2D eigenvalue weighted by atomic mass is 35.5. The van der Waals surface area contributed by atoms with Crippen molar-refractivity contribution in [1.82, 2.24) is 29.1 Å². The fourth-order valence-electron chi connectivity index (χ4n) is 3.95. The Morgan fingerprint density at radius 1 is 1.03 bits per heavy atom.